The van der Waals surface area contributed by atoms with Gasteiger partial charge in [-0.3, -0.25) is 4.99 Å². The SMILES string of the molecule is CN=C(NCc1ccsc1)NCc1ccccc1S(=O)(=O)NC(C)(C)C. The number of sulfonamides is 1. The molecule has 0 saturated carbocycles. The van der Waals surface area contributed by atoms with Crippen LogP contribution in [-0.2, 0) is 23.1 Å². The van der Waals surface area contributed by atoms with Gasteiger partial charge in [0.25, 0.3) is 0 Å². The molecule has 0 radical (unpaired) electrons. The average Bonchev–Trinajstić information content (AvgIpc) is 3.06. The van der Waals surface area contributed by atoms with E-state index in [2.05, 4.69) is 25.7 Å². The maximum absolute atomic E-state index is 12.7. The first-order valence-electron chi connectivity index (χ1n) is 8.29. The lowest BCUT2D eigenvalue weighted by molar-refractivity contribution is 0.491. The lowest BCUT2D eigenvalue weighted by Crippen LogP contribution is -2.41. The molecule has 142 valence electrons. The molecule has 0 amide bonds. The van der Waals surface area contributed by atoms with E-state index >= 15 is 0 Å². The summed E-state index contributed by atoms with van der Waals surface area (Å²) in [7, 11) is -1.91. The predicted molar refractivity (Wildman–Crippen MR) is 108 cm³/mol. The van der Waals surface area contributed by atoms with Crippen LogP contribution in [0, 0.1) is 0 Å². The van der Waals surface area contributed by atoms with Gasteiger partial charge in [0.1, 0.15) is 0 Å². The van der Waals surface area contributed by atoms with Crippen LogP contribution in [0.15, 0.2) is 51.0 Å². The van der Waals surface area contributed by atoms with Gasteiger partial charge in [-0.1, -0.05) is 18.2 Å². The van der Waals surface area contributed by atoms with Gasteiger partial charge < -0.3 is 10.6 Å². The summed E-state index contributed by atoms with van der Waals surface area (Å²) in [6.45, 7) is 6.48. The van der Waals surface area contributed by atoms with Crippen LogP contribution in [0.1, 0.15) is 31.9 Å². The Labute approximate surface area is 159 Å². The van der Waals surface area contributed by atoms with Crippen molar-refractivity contribution in [3.8, 4) is 0 Å². The standard InChI is InChI=1S/C18H26N4O2S2/c1-18(2,3)22-26(23,24)16-8-6-5-7-15(16)12-21-17(19-4)20-11-14-9-10-25-13-14/h5-10,13,22H,11-12H2,1-4H3,(H2,19,20,21). The Hall–Kier alpha value is -1.90. The van der Waals surface area contributed by atoms with Crippen LogP contribution in [-0.4, -0.2) is 27.0 Å². The van der Waals surface area contributed by atoms with Gasteiger partial charge >= 0.3 is 0 Å². The molecule has 1 aromatic carbocycles. The molecule has 2 rings (SSSR count). The van der Waals surface area contributed by atoms with Crippen molar-refractivity contribution in [3.05, 3.63) is 52.2 Å². The van der Waals surface area contributed by atoms with E-state index < -0.39 is 15.6 Å². The maximum atomic E-state index is 12.7. The molecule has 0 aliphatic carbocycles. The van der Waals surface area contributed by atoms with Gasteiger partial charge in [0.2, 0.25) is 10.0 Å². The average molecular weight is 395 g/mol. The molecule has 0 spiro atoms. The monoisotopic (exact) mass is 394 g/mol. The second kappa shape index (κ2) is 8.66. The number of hydrogen-bond donors (Lipinski definition) is 3. The summed E-state index contributed by atoms with van der Waals surface area (Å²) in [5.74, 6) is 0.618. The van der Waals surface area contributed by atoms with Gasteiger partial charge in [-0.2, -0.15) is 11.3 Å². The molecule has 26 heavy (non-hydrogen) atoms. The largest absolute Gasteiger partial charge is 0.352 e. The van der Waals surface area contributed by atoms with Crippen molar-refractivity contribution in [2.45, 2.75) is 44.3 Å². The van der Waals surface area contributed by atoms with Crippen LogP contribution >= 0.6 is 11.3 Å². The van der Waals surface area contributed by atoms with Crippen molar-refractivity contribution in [1.82, 2.24) is 15.4 Å². The fourth-order valence-corrected chi connectivity index (χ4v) is 4.68. The fourth-order valence-electron chi connectivity index (χ4n) is 2.35. The third-order valence-corrected chi connectivity index (χ3v) is 6.00. The molecule has 0 saturated heterocycles. The Morgan fingerprint density at radius 1 is 1.12 bits per heavy atom. The first-order valence-corrected chi connectivity index (χ1v) is 10.7. The Morgan fingerprint density at radius 2 is 1.81 bits per heavy atom. The third-order valence-electron chi connectivity index (χ3n) is 3.41. The van der Waals surface area contributed by atoms with Crippen molar-refractivity contribution in [1.29, 1.82) is 0 Å². The second-order valence-electron chi connectivity index (χ2n) is 6.87. The summed E-state index contributed by atoms with van der Waals surface area (Å²) in [4.78, 5) is 4.46. The van der Waals surface area contributed by atoms with Crippen LogP contribution in [0.4, 0.5) is 0 Å². The highest BCUT2D eigenvalue weighted by molar-refractivity contribution is 7.89. The predicted octanol–water partition coefficient (Wildman–Crippen LogP) is 2.69. The van der Waals surface area contributed by atoms with Crippen LogP contribution in [0.5, 0.6) is 0 Å². The zero-order valence-electron chi connectivity index (χ0n) is 15.5. The molecule has 8 heteroatoms. The number of guanidine groups is 1. The Morgan fingerprint density at radius 3 is 2.42 bits per heavy atom. The van der Waals surface area contributed by atoms with Gasteiger partial charge in [-0.05, 0) is 54.8 Å². The second-order valence-corrected chi connectivity index (χ2v) is 9.30. The van der Waals surface area contributed by atoms with Gasteiger partial charge in [-0.15, -0.1) is 0 Å². The first-order chi connectivity index (χ1) is 12.2. The van der Waals surface area contributed by atoms with Gasteiger partial charge in [0, 0.05) is 25.7 Å². The highest BCUT2D eigenvalue weighted by atomic mass is 32.2. The topological polar surface area (TPSA) is 82.6 Å². The molecule has 0 aliphatic heterocycles. The van der Waals surface area contributed by atoms with Crippen molar-refractivity contribution in [2.24, 2.45) is 4.99 Å². The molecular weight excluding hydrogens is 368 g/mol. The molecule has 1 heterocycles. The van der Waals surface area contributed by atoms with E-state index in [0.717, 1.165) is 0 Å². The zero-order valence-corrected chi connectivity index (χ0v) is 17.2. The quantitative estimate of drug-likeness (QED) is 0.520. The highest BCUT2D eigenvalue weighted by Crippen LogP contribution is 2.17. The summed E-state index contributed by atoms with van der Waals surface area (Å²) in [6, 6.07) is 9.02. The number of aliphatic imine (C=N–C) groups is 1. The normalized spacial score (nSPS) is 12.8. The number of hydrogen-bond acceptors (Lipinski definition) is 4. The molecular formula is C18H26N4O2S2. The summed E-state index contributed by atoms with van der Waals surface area (Å²) >= 11 is 1.64. The van der Waals surface area contributed by atoms with E-state index in [4.69, 9.17) is 0 Å². The van der Waals surface area contributed by atoms with E-state index in [1.165, 1.54) is 5.56 Å². The highest BCUT2D eigenvalue weighted by Gasteiger charge is 2.24. The van der Waals surface area contributed by atoms with E-state index in [0.29, 0.717) is 24.6 Å². The Bertz CT molecular complexity index is 838. The molecule has 3 N–H and O–H groups in total. The molecule has 0 aliphatic rings. The van der Waals surface area contributed by atoms with Gasteiger partial charge in [-0.25, -0.2) is 13.1 Å². The summed E-state index contributed by atoms with van der Waals surface area (Å²) in [5.41, 5.74) is 1.32. The van der Waals surface area contributed by atoms with Crippen LogP contribution in [0.3, 0.4) is 0 Å². The number of thiophene rings is 1. The lowest BCUT2D eigenvalue weighted by Gasteiger charge is -2.22. The smallest absolute Gasteiger partial charge is 0.241 e. The van der Waals surface area contributed by atoms with Crippen molar-refractivity contribution >= 4 is 27.3 Å². The van der Waals surface area contributed by atoms with Crippen LogP contribution < -0.4 is 15.4 Å². The lowest BCUT2D eigenvalue weighted by atomic mass is 10.1. The minimum absolute atomic E-state index is 0.274. The number of rotatable bonds is 6. The molecule has 6 nitrogen and oxygen atoms in total. The molecule has 0 fully saturated rings. The zero-order chi connectivity index (χ0) is 19.2. The number of benzene rings is 1. The summed E-state index contributed by atoms with van der Waals surface area (Å²) in [5, 5.41) is 10.5. The van der Waals surface area contributed by atoms with Gasteiger partial charge in [0.05, 0.1) is 4.90 Å². The maximum Gasteiger partial charge on any atom is 0.241 e. The molecule has 1 aromatic heterocycles. The van der Waals surface area contributed by atoms with Crippen LogP contribution in [0.2, 0.25) is 0 Å². The summed E-state index contributed by atoms with van der Waals surface area (Å²) in [6.07, 6.45) is 0. The fraction of sp³-hybridized carbons (Fsp3) is 0.389. The van der Waals surface area contributed by atoms with E-state index in [9.17, 15) is 8.42 Å². The molecule has 2 aromatic rings. The van der Waals surface area contributed by atoms with E-state index in [-0.39, 0.29) is 4.90 Å². The molecule has 0 unspecified atom stereocenters. The number of nitrogens with one attached hydrogen (secondary N) is 3. The number of nitrogens with zero attached hydrogens (tertiary/aromatic N) is 1. The van der Waals surface area contributed by atoms with Crippen molar-refractivity contribution < 1.29 is 8.42 Å². The molecule has 0 atom stereocenters. The van der Waals surface area contributed by atoms with Crippen molar-refractivity contribution in [3.63, 3.8) is 0 Å². The first kappa shape index (κ1) is 20.4. The van der Waals surface area contributed by atoms with Crippen LogP contribution in [0.25, 0.3) is 0 Å². The Balaban J connectivity index is 2.07. The molecule has 0 bridgehead atoms. The van der Waals surface area contributed by atoms with Crippen molar-refractivity contribution in [2.75, 3.05) is 7.05 Å². The third kappa shape index (κ3) is 6.12. The van der Waals surface area contributed by atoms with Gasteiger partial charge in [0.15, 0.2) is 5.96 Å². The minimum Gasteiger partial charge on any atom is -0.352 e. The van der Waals surface area contributed by atoms with E-state index in [1.807, 2.05) is 38.3 Å². The summed E-state index contributed by atoms with van der Waals surface area (Å²) < 4.78 is 28.1. The van der Waals surface area contributed by atoms with E-state index in [1.54, 1.807) is 36.6 Å². The minimum atomic E-state index is -3.60. The Kier molecular flexibility index (Phi) is 6.80.